The molecule has 0 bridgehead atoms. The van der Waals surface area contributed by atoms with Gasteiger partial charge in [0.2, 0.25) is 0 Å². The van der Waals surface area contributed by atoms with Crippen molar-refractivity contribution in [3.63, 3.8) is 0 Å². The lowest BCUT2D eigenvalue weighted by Crippen LogP contribution is -2.52. The van der Waals surface area contributed by atoms with Crippen LogP contribution in [0.4, 0.5) is 0 Å². The first-order valence-electron chi connectivity index (χ1n) is 28.2. The molecule has 0 aromatic carbocycles. The molecule has 0 unspecified atom stereocenters. The predicted molar refractivity (Wildman–Crippen MR) is 366 cm³/mol. The molecule has 88 heavy (non-hydrogen) atoms. The quantitative estimate of drug-likeness (QED) is 0.0106. The zero-order valence-electron chi connectivity index (χ0n) is 56.2. The molecule has 0 spiro atoms. The van der Waals surface area contributed by atoms with E-state index >= 15 is 0 Å². The van der Waals surface area contributed by atoms with E-state index in [1.165, 1.54) is 24.3 Å². The van der Waals surface area contributed by atoms with E-state index in [-0.39, 0.29) is 43.1 Å². The van der Waals surface area contributed by atoms with Gasteiger partial charge in [-0.1, -0.05) is 91.1 Å². The third-order valence-corrected chi connectivity index (χ3v) is 32.8. The zero-order chi connectivity index (χ0) is 70.0. The van der Waals surface area contributed by atoms with E-state index in [2.05, 4.69) is 176 Å². The Kier molecular flexibility index (Phi) is 54.5. The monoisotopic (exact) mass is 1340 g/mol. The minimum atomic E-state index is -2.29. The van der Waals surface area contributed by atoms with Gasteiger partial charge in [-0.15, -0.1) is 0 Å². The van der Waals surface area contributed by atoms with Gasteiger partial charge in [0.15, 0.2) is 33.3 Å². The molecule has 0 saturated heterocycles. The van der Waals surface area contributed by atoms with Crippen LogP contribution in [0.15, 0.2) is 150 Å². The summed E-state index contributed by atoms with van der Waals surface area (Å²) in [6, 6.07) is 3.59. The van der Waals surface area contributed by atoms with Crippen LogP contribution in [0.3, 0.4) is 0 Å². The van der Waals surface area contributed by atoms with Crippen molar-refractivity contribution < 1.29 is 92.7 Å². The molecular formula is C62H108O20Si6. The van der Waals surface area contributed by atoms with Crippen LogP contribution < -0.4 is 0 Å². The van der Waals surface area contributed by atoms with E-state index in [9.17, 15) is 38.4 Å². The van der Waals surface area contributed by atoms with E-state index in [1.807, 2.05) is 0 Å². The van der Waals surface area contributed by atoms with Crippen LogP contribution in [0.2, 0.25) is 103 Å². The average Bonchev–Trinajstić information content (AvgIpc) is 3.48. The Morgan fingerprint density at radius 1 is 0.318 bits per heavy atom. The number of carbonyl (C=O) groups excluding carboxylic acids is 8. The molecule has 0 rings (SSSR count). The topological polar surface area (TPSA) is 247 Å². The zero-order valence-corrected chi connectivity index (χ0v) is 62.2. The van der Waals surface area contributed by atoms with Gasteiger partial charge in [-0.05, 0) is 156 Å². The van der Waals surface area contributed by atoms with E-state index in [1.54, 1.807) is 27.7 Å². The molecule has 0 saturated carbocycles. The molecule has 0 fully saturated rings. The molecular weight excluding hydrogens is 1230 g/mol. The Bertz CT molecular complexity index is 2220. The molecule has 0 aromatic heterocycles. The highest BCUT2D eigenvalue weighted by atomic mass is 28.5. The summed E-state index contributed by atoms with van der Waals surface area (Å²) in [4.78, 5) is 86.1. The number of esters is 8. The van der Waals surface area contributed by atoms with Gasteiger partial charge >= 0.3 is 64.9 Å². The second kappa shape index (κ2) is 51.6. The van der Waals surface area contributed by atoms with E-state index < -0.39 is 68.3 Å². The number of ether oxygens (including phenoxy) is 8. The summed E-state index contributed by atoms with van der Waals surface area (Å²) < 4.78 is 64.0. The van der Waals surface area contributed by atoms with E-state index in [0.717, 1.165) is 74.5 Å². The van der Waals surface area contributed by atoms with Crippen molar-refractivity contribution in [2.24, 2.45) is 0 Å². The Hall–Kier alpha value is -6.22. The third-order valence-electron chi connectivity index (χ3n) is 9.86. The molecule has 0 heterocycles. The minimum absolute atomic E-state index is 0.255. The molecule has 0 aliphatic rings. The first-order valence-corrected chi connectivity index (χ1v) is 46.3. The highest BCUT2D eigenvalue weighted by Crippen LogP contribution is 2.28. The van der Waals surface area contributed by atoms with Crippen molar-refractivity contribution in [1.82, 2.24) is 0 Å². The first-order chi connectivity index (χ1) is 40.4. The SMILES string of the molecule is C=C(C)C(=O)OCCC[Si](C)(C)O[Si](C)(C)O[Si](C)(C)CCCOC(=O)C(=C)C.C=CC(=O)OCCC[Si](C)(C)O[Si](C)(C)O[Si](C)(C)CCCOC(=O)C=C.C=CCOC(=O)C(=C)C.C=CCOC(=O)C=C.C=COC(=O)C(=C)C.C=COC(=O)C=C. The normalized spacial score (nSPS) is 10.6. The molecule has 20 nitrogen and oxygen atoms in total. The Morgan fingerprint density at radius 3 is 0.773 bits per heavy atom. The molecule has 0 amide bonds. The largest absolute Gasteiger partial charge is 0.463 e. The van der Waals surface area contributed by atoms with E-state index in [0.29, 0.717) is 48.7 Å². The van der Waals surface area contributed by atoms with Crippen molar-refractivity contribution >= 4 is 98.1 Å². The van der Waals surface area contributed by atoms with Crippen LogP contribution in [0, 0.1) is 0 Å². The van der Waals surface area contributed by atoms with Crippen molar-refractivity contribution in [2.75, 3.05) is 39.6 Å². The molecule has 0 radical (unpaired) electrons. The van der Waals surface area contributed by atoms with Gasteiger partial charge in [0.1, 0.15) is 13.2 Å². The Labute approximate surface area is 534 Å². The fourth-order valence-electron chi connectivity index (χ4n) is 6.70. The fraction of sp³-hybridized carbons (Fsp3) is 0.484. The Morgan fingerprint density at radius 2 is 0.557 bits per heavy atom. The molecule has 26 heteroatoms. The maximum Gasteiger partial charge on any atom is 0.337 e. The number of hydrogen-bond acceptors (Lipinski definition) is 20. The highest BCUT2D eigenvalue weighted by molar-refractivity contribution is 6.88. The van der Waals surface area contributed by atoms with Crippen LogP contribution in [0.25, 0.3) is 0 Å². The maximum atomic E-state index is 11.4. The second-order valence-electron chi connectivity index (χ2n) is 22.2. The summed E-state index contributed by atoms with van der Waals surface area (Å²) in [5.74, 6) is -3.15. The number of rotatable bonds is 38. The van der Waals surface area contributed by atoms with Crippen LogP contribution in [-0.4, -0.2) is 138 Å². The van der Waals surface area contributed by atoms with Crippen molar-refractivity contribution in [3.05, 3.63) is 150 Å². The number of carbonyl (C=O) groups is 8. The predicted octanol–water partition coefficient (Wildman–Crippen LogP) is 13.8. The Balaban J connectivity index is -0.000000256. The minimum Gasteiger partial charge on any atom is -0.463 e. The summed E-state index contributed by atoms with van der Waals surface area (Å²) in [5.41, 5.74) is 1.63. The van der Waals surface area contributed by atoms with Gasteiger partial charge in [0, 0.05) is 46.6 Å². The van der Waals surface area contributed by atoms with Crippen LogP contribution >= 0.6 is 0 Å². The van der Waals surface area contributed by atoms with Gasteiger partial charge < -0.3 is 54.4 Å². The summed E-state index contributed by atoms with van der Waals surface area (Å²) in [5, 5.41) is 0. The van der Waals surface area contributed by atoms with Gasteiger partial charge in [0.25, 0.3) is 0 Å². The third kappa shape index (κ3) is 64.3. The lowest BCUT2D eigenvalue weighted by molar-refractivity contribution is -0.139. The smallest absolute Gasteiger partial charge is 0.337 e. The van der Waals surface area contributed by atoms with E-state index in [4.69, 9.17) is 35.4 Å². The summed E-state index contributed by atoms with van der Waals surface area (Å²) >= 11 is 0. The van der Waals surface area contributed by atoms with Crippen LogP contribution in [-0.2, 0) is 92.7 Å². The second-order valence-corrected chi connectivity index (χ2v) is 47.1. The standard InChI is InChI=1S/C20H40O6Si3.C18H36O6Si3.C7H10O2.2C6H8O2.C5H6O2/c1-17(2)19(21)23-13-11-15-27(5,6)25-29(9,10)26-28(7,8)16-12-14-24-20(22)18(3)4;1-9-17(19)21-13-11-15-25(3,4)23-27(7,8)24-26(5,6)16-12-14-22-18(20)10-2;1-4-5-9-7(8)6(2)3;1-4-8-6(7)5(2)3;1-3-5-8-6(7)4-2;1-3-5(6)7-4-2/h1,3,11-16H2,2,4-10H3;9-10H,1-2,11-16H2,3-8H3;4H,1-2,5H2,3H3;4H,1-2H2,3H3;3-4H,1-2,5H2;3-4H,1-2H2. The van der Waals surface area contributed by atoms with Crippen LogP contribution in [0.5, 0.6) is 0 Å². The van der Waals surface area contributed by atoms with Gasteiger partial charge in [0.05, 0.1) is 39.0 Å². The molecule has 500 valence electrons. The van der Waals surface area contributed by atoms with Crippen molar-refractivity contribution in [1.29, 1.82) is 0 Å². The fourth-order valence-corrected chi connectivity index (χ4v) is 34.7. The average molecular weight is 1340 g/mol. The molecule has 0 atom stereocenters. The summed E-state index contributed by atoms with van der Waals surface area (Å²) in [7, 11) is -12.3. The first kappa shape index (κ1) is 92.9. The highest BCUT2D eigenvalue weighted by Gasteiger charge is 2.40. The number of hydrogen-bond donors (Lipinski definition) is 0. The summed E-state index contributed by atoms with van der Waals surface area (Å²) in [6.45, 7) is 74.4. The molecule has 0 aromatic rings. The maximum absolute atomic E-state index is 11.4. The lowest BCUT2D eigenvalue weighted by Gasteiger charge is -2.38. The molecule has 0 aliphatic heterocycles. The molecule has 0 aliphatic carbocycles. The molecule has 0 N–H and O–H groups in total. The van der Waals surface area contributed by atoms with Crippen LogP contribution in [0.1, 0.15) is 53.4 Å². The lowest BCUT2D eigenvalue weighted by atomic mass is 10.4. The van der Waals surface area contributed by atoms with Gasteiger partial charge in [-0.25, -0.2) is 38.4 Å². The summed E-state index contributed by atoms with van der Waals surface area (Å²) in [6.07, 6.45) is 12.8. The van der Waals surface area contributed by atoms with Crippen molar-refractivity contribution in [3.8, 4) is 0 Å². The van der Waals surface area contributed by atoms with Gasteiger partial charge in [-0.2, -0.15) is 0 Å². The van der Waals surface area contributed by atoms with Crippen molar-refractivity contribution in [2.45, 2.75) is 156 Å². The van der Waals surface area contributed by atoms with Gasteiger partial charge in [-0.3, -0.25) is 0 Å².